The minimum absolute atomic E-state index is 0.00424. The molecule has 0 amide bonds. The zero-order chi connectivity index (χ0) is 54.3. The fraction of sp³-hybridized carbons (Fsp3) is 0.520. The zero-order valence-electron chi connectivity index (χ0n) is 42.5. The second-order valence-electron chi connectivity index (χ2n) is 19.0. The van der Waals surface area contributed by atoms with Gasteiger partial charge in [-0.1, -0.05) is 39.3 Å². The topological polar surface area (TPSA) is 291 Å². The van der Waals surface area contributed by atoms with Crippen molar-refractivity contribution < 1.29 is 82.1 Å². The molecule has 5 rings (SSSR count). The summed E-state index contributed by atoms with van der Waals surface area (Å²) in [6.45, 7) is 11.6. The van der Waals surface area contributed by atoms with E-state index < -0.39 is 70.4 Å². The third-order valence-electron chi connectivity index (χ3n) is 12.3. The predicted octanol–water partition coefficient (Wildman–Crippen LogP) is 5.45. The Kier molecular flexibility index (Phi) is 21.4. The van der Waals surface area contributed by atoms with Gasteiger partial charge in [0.25, 0.3) is 30.4 Å². The van der Waals surface area contributed by atoms with Gasteiger partial charge in [-0.05, 0) is 80.1 Å². The molecule has 0 saturated carbocycles. The van der Waals surface area contributed by atoms with Crippen molar-refractivity contribution >= 4 is 48.1 Å². The molecule has 0 bridgehead atoms. The lowest BCUT2D eigenvalue weighted by molar-refractivity contribution is -0.145. The summed E-state index contributed by atoms with van der Waals surface area (Å²) in [7, 11) is -11.6. The molecule has 1 unspecified atom stereocenters. The van der Waals surface area contributed by atoms with Gasteiger partial charge in [0.05, 0.1) is 62.1 Å². The molecule has 0 spiro atoms. The predicted molar refractivity (Wildman–Crippen MR) is 276 cm³/mol. The lowest BCUT2D eigenvalue weighted by atomic mass is 9.77. The monoisotopic (exact) mass is 1100 g/mol. The van der Waals surface area contributed by atoms with Gasteiger partial charge in [0.15, 0.2) is 6.54 Å². The fourth-order valence-electron chi connectivity index (χ4n) is 8.48. The summed E-state index contributed by atoms with van der Waals surface area (Å²) in [5, 5.41) is 20.4. The molecule has 0 saturated heterocycles. The van der Waals surface area contributed by atoms with E-state index in [0.717, 1.165) is 11.1 Å². The first-order valence-electron chi connectivity index (χ1n) is 24.2. The molecule has 21 nitrogen and oxygen atoms in total. The Bertz CT molecular complexity index is 2960. The zero-order valence-corrected chi connectivity index (χ0v) is 44.9. The standard InChI is InChI=1S/C50H69N3O18S3/c1-49(2,3)45-34-37(40-17-15-38(35-43(40)70-45)51(22-11-33-73(60,61)62)24-25-67-28-29-69-31-30-68-27-26-66-5)12-9-13-44-50(4,21-10-32-72(57,58)59)41-36-39(74(63,64)65)16-18-42(41)52(44)23-8-6-7-14-48(56)71-53-46(54)19-20-47(53)55/h9,12-13,15-20,34-36H,6-8,10-11,14,21-33H2,1-5H3,(H4-,54,55,57,58,59,60,61,62,63,64,65)/p+1. The lowest BCUT2D eigenvalue weighted by Gasteiger charge is -2.30. The molecule has 0 fully saturated rings. The Balaban J connectivity index is 1.49. The molecule has 1 atom stereocenters. The molecule has 74 heavy (non-hydrogen) atoms. The summed E-state index contributed by atoms with van der Waals surface area (Å²) in [6.07, 6.45) is 7.21. The van der Waals surface area contributed by atoms with Crippen LogP contribution in [0, 0.1) is 0 Å². The molecule has 5 N–H and O–H groups in total. The Labute approximate surface area is 433 Å². The number of ether oxygens (including phenoxy) is 4. The van der Waals surface area contributed by atoms with Gasteiger partial charge in [-0.25, -0.2) is 9.37 Å². The molecule has 3 aliphatic rings. The molecule has 24 heteroatoms. The van der Waals surface area contributed by atoms with Crippen molar-refractivity contribution in [1.29, 1.82) is 0 Å². The van der Waals surface area contributed by atoms with Crippen LogP contribution in [0.1, 0.15) is 89.5 Å². The molecule has 3 heterocycles. The molecule has 1 aliphatic carbocycles. The van der Waals surface area contributed by atoms with Gasteiger partial charge in [-0.15, -0.1) is 4.73 Å². The summed E-state index contributed by atoms with van der Waals surface area (Å²) in [5.41, 5.74) is 1.75. The molecular weight excluding hydrogens is 1030 g/mol. The highest BCUT2D eigenvalue weighted by atomic mass is 32.2. The van der Waals surface area contributed by atoms with Crippen LogP contribution in [-0.2, 0) is 64.9 Å². The number of carbonyl (C=O) groups is 1. The van der Waals surface area contributed by atoms with Crippen LogP contribution in [0.4, 0.5) is 5.69 Å². The molecule has 410 valence electrons. The number of aromatic hydroxyl groups is 2. The maximum Gasteiger partial charge on any atom is 0.333 e. The number of rotatable bonds is 30. The lowest BCUT2D eigenvalue weighted by Crippen LogP contribution is -2.35. The van der Waals surface area contributed by atoms with E-state index in [0.29, 0.717) is 111 Å². The second kappa shape index (κ2) is 26.6. The van der Waals surface area contributed by atoms with Crippen LogP contribution in [0.5, 0.6) is 11.8 Å². The fourth-order valence-corrected chi connectivity index (χ4v) is 9.99. The van der Waals surface area contributed by atoms with Gasteiger partial charge < -0.3 is 43.3 Å². The summed E-state index contributed by atoms with van der Waals surface area (Å²) in [6, 6.07) is 14.1. The number of hydrogen-bond acceptors (Lipinski definition) is 16. The number of fused-ring (bicyclic) bond motifs is 2. The molecule has 1 aromatic heterocycles. The Hall–Kier alpha value is -5.15. The summed E-state index contributed by atoms with van der Waals surface area (Å²) in [4.78, 5) is 19.3. The highest BCUT2D eigenvalue weighted by Crippen LogP contribution is 2.51. The van der Waals surface area contributed by atoms with Gasteiger partial charge >= 0.3 is 5.97 Å². The van der Waals surface area contributed by atoms with Crippen LogP contribution < -0.4 is 19.7 Å². The van der Waals surface area contributed by atoms with Crippen LogP contribution >= 0.6 is 0 Å². The van der Waals surface area contributed by atoms with Gasteiger partial charge in [0.1, 0.15) is 24.7 Å². The smallest absolute Gasteiger partial charge is 0.333 e. The van der Waals surface area contributed by atoms with E-state index >= 15 is 0 Å². The molecule has 2 aliphatic heterocycles. The number of unbranched alkanes of at least 4 members (excludes halogenated alkanes) is 2. The molecular formula is C50H70N3O18S3+. The number of nitrogens with zero attached hydrogens (tertiary/aromatic N) is 3. The maximum atomic E-state index is 12.6. The largest absolute Gasteiger partial charge is 0.492 e. The van der Waals surface area contributed by atoms with Crippen molar-refractivity contribution in [1.82, 2.24) is 9.31 Å². The van der Waals surface area contributed by atoms with Gasteiger partial charge in [0, 0.05) is 72.5 Å². The quantitative estimate of drug-likeness (QED) is 0.0246. The number of carbonyl (C=O) groups excluding carboxylic acids is 1. The van der Waals surface area contributed by atoms with Crippen molar-refractivity contribution in [2.75, 3.05) is 89.4 Å². The van der Waals surface area contributed by atoms with Crippen LogP contribution in [0.15, 0.2) is 81.8 Å². The van der Waals surface area contributed by atoms with E-state index in [1.807, 2.05) is 79.7 Å². The third kappa shape index (κ3) is 17.7. The molecule has 0 radical (unpaired) electrons. The van der Waals surface area contributed by atoms with E-state index in [-0.39, 0.29) is 43.7 Å². The number of hydrogen-bond donors (Lipinski definition) is 5. The third-order valence-corrected chi connectivity index (χ3v) is 14.7. The van der Waals surface area contributed by atoms with Crippen LogP contribution in [0.3, 0.4) is 0 Å². The SMILES string of the molecule is COCCOCCOCCOCC[N+](CCCS(=O)(=O)O)=c1ccc2c(C=CC=C3N(CCCCCC(=O)On4c(O)ccc4O)c4ccc(S(=O)(=O)O)cc4C3(C)CCCS(=O)(=O)O)cc(C(C)(C)C)oc-2c1. The summed E-state index contributed by atoms with van der Waals surface area (Å²) >= 11 is 0. The minimum Gasteiger partial charge on any atom is -0.492 e. The number of benzene rings is 2. The van der Waals surface area contributed by atoms with E-state index in [1.165, 1.54) is 24.3 Å². The van der Waals surface area contributed by atoms with E-state index in [9.17, 15) is 53.9 Å². The first kappa shape index (κ1) is 59.7. The first-order valence-corrected chi connectivity index (χ1v) is 28.8. The highest BCUT2D eigenvalue weighted by molar-refractivity contribution is 7.86. The minimum atomic E-state index is -4.66. The first-order chi connectivity index (χ1) is 34.8. The Morgan fingerprint density at radius 3 is 2.01 bits per heavy atom. The number of allylic oxidation sites excluding steroid dienone is 3. The Morgan fingerprint density at radius 1 is 0.757 bits per heavy atom. The van der Waals surface area contributed by atoms with Crippen molar-refractivity contribution in [2.45, 2.75) is 88.4 Å². The van der Waals surface area contributed by atoms with Gasteiger partial charge in [-0.2, -0.15) is 25.3 Å². The van der Waals surface area contributed by atoms with Crippen LogP contribution in [0.2, 0.25) is 0 Å². The van der Waals surface area contributed by atoms with Crippen molar-refractivity contribution in [3.05, 3.63) is 94.7 Å². The van der Waals surface area contributed by atoms with E-state index in [2.05, 4.69) is 0 Å². The number of anilines is 1. The summed E-state index contributed by atoms with van der Waals surface area (Å²) in [5.74, 6) is -1.40. The van der Waals surface area contributed by atoms with E-state index in [1.54, 1.807) is 13.2 Å². The average Bonchev–Trinajstić information content (AvgIpc) is 3.74. The second-order valence-corrected chi connectivity index (χ2v) is 23.6. The van der Waals surface area contributed by atoms with Crippen LogP contribution in [-0.4, -0.2) is 144 Å². The van der Waals surface area contributed by atoms with Crippen molar-refractivity contribution in [2.24, 2.45) is 0 Å². The van der Waals surface area contributed by atoms with Gasteiger partial charge in [0.2, 0.25) is 17.1 Å². The normalized spacial score (nSPS) is 16.4. The van der Waals surface area contributed by atoms with E-state index in [4.69, 9.17) is 28.2 Å². The number of methoxy groups -OCH3 is 1. The highest BCUT2D eigenvalue weighted by Gasteiger charge is 2.43. The van der Waals surface area contributed by atoms with Gasteiger partial charge in [-0.3, -0.25) is 13.7 Å². The summed E-state index contributed by atoms with van der Waals surface area (Å²) < 4.78 is 132. The number of aromatic nitrogens is 1. The molecule has 2 aromatic rings. The molecule has 1 aromatic carbocycles. The average molecular weight is 1100 g/mol. The van der Waals surface area contributed by atoms with Crippen molar-refractivity contribution in [3.8, 4) is 23.1 Å². The maximum absolute atomic E-state index is 12.6. The van der Waals surface area contributed by atoms with Crippen molar-refractivity contribution in [3.63, 3.8) is 0 Å². The Morgan fingerprint density at radius 2 is 1.39 bits per heavy atom. The van der Waals surface area contributed by atoms with Crippen LogP contribution in [0.25, 0.3) is 17.4 Å².